The number of aromatic nitrogens is 3. The van der Waals surface area contributed by atoms with Crippen LogP contribution < -0.4 is 10.1 Å². The zero-order valence-electron chi connectivity index (χ0n) is 16.7. The minimum atomic E-state index is -0.109. The van der Waals surface area contributed by atoms with Crippen LogP contribution in [0.2, 0.25) is 0 Å². The van der Waals surface area contributed by atoms with Gasteiger partial charge in [-0.3, -0.25) is 9.89 Å². The third-order valence-corrected chi connectivity index (χ3v) is 6.22. The zero-order chi connectivity index (χ0) is 21.5. The molecule has 0 atom stereocenters. The first-order chi connectivity index (χ1) is 15.2. The summed E-state index contributed by atoms with van der Waals surface area (Å²) in [6, 6.07) is 25.4. The van der Waals surface area contributed by atoms with Crippen molar-refractivity contribution in [2.45, 2.75) is 14.9 Å². The Balaban J connectivity index is 1.35. The van der Waals surface area contributed by atoms with E-state index in [0.717, 1.165) is 26.8 Å². The quantitative estimate of drug-likeness (QED) is 0.353. The van der Waals surface area contributed by atoms with Gasteiger partial charge in [-0.25, -0.2) is 4.98 Å². The zero-order valence-corrected chi connectivity index (χ0v) is 18.4. The van der Waals surface area contributed by atoms with Gasteiger partial charge in [0, 0.05) is 15.4 Å². The number of hydrogen-bond donors (Lipinski definition) is 2. The summed E-state index contributed by atoms with van der Waals surface area (Å²) in [7, 11) is 1.63. The summed E-state index contributed by atoms with van der Waals surface area (Å²) in [5, 5.41) is 10.6. The van der Waals surface area contributed by atoms with Crippen LogP contribution in [0.25, 0.3) is 11.4 Å². The van der Waals surface area contributed by atoms with E-state index >= 15 is 0 Å². The Morgan fingerprint density at radius 1 is 1.00 bits per heavy atom. The van der Waals surface area contributed by atoms with E-state index in [-0.39, 0.29) is 11.7 Å². The maximum Gasteiger partial charge on any atom is 0.234 e. The molecule has 1 aromatic heterocycles. The molecule has 0 aliphatic heterocycles. The molecule has 1 heterocycles. The largest absolute Gasteiger partial charge is 0.497 e. The lowest BCUT2D eigenvalue weighted by Crippen LogP contribution is -2.14. The minimum Gasteiger partial charge on any atom is -0.497 e. The van der Waals surface area contributed by atoms with E-state index in [1.54, 1.807) is 18.9 Å². The SMILES string of the molecule is COc1ccc(-c2nc(SCC(=O)Nc3ccccc3Sc3ccccc3)n[nH]2)cc1. The van der Waals surface area contributed by atoms with Crippen LogP contribution in [-0.4, -0.2) is 34.0 Å². The Morgan fingerprint density at radius 3 is 2.52 bits per heavy atom. The van der Waals surface area contributed by atoms with Crippen molar-refractivity contribution in [2.24, 2.45) is 0 Å². The van der Waals surface area contributed by atoms with Crippen molar-refractivity contribution in [3.8, 4) is 17.1 Å². The van der Waals surface area contributed by atoms with E-state index in [2.05, 4.69) is 20.5 Å². The number of ether oxygens (including phenoxy) is 1. The Labute approximate surface area is 188 Å². The van der Waals surface area contributed by atoms with Gasteiger partial charge in [-0.2, -0.15) is 0 Å². The Hall–Kier alpha value is -3.23. The number of hydrogen-bond acceptors (Lipinski definition) is 6. The number of amides is 1. The van der Waals surface area contributed by atoms with E-state index < -0.39 is 0 Å². The van der Waals surface area contributed by atoms with Crippen molar-refractivity contribution in [2.75, 3.05) is 18.2 Å². The molecule has 156 valence electrons. The molecule has 0 radical (unpaired) electrons. The average Bonchev–Trinajstić information content (AvgIpc) is 3.29. The first-order valence-corrected chi connectivity index (χ1v) is 11.3. The minimum absolute atomic E-state index is 0.109. The first-order valence-electron chi connectivity index (χ1n) is 9.52. The highest BCUT2D eigenvalue weighted by Crippen LogP contribution is 2.33. The molecule has 0 saturated heterocycles. The normalized spacial score (nSPS) is 10.6. The van der Waals surface area contributed by atoms with Crippen molar-refractivity contribution < 1.29 is 9.53 Å². The molecule has 0 bridgehead atoms. The number of benzene rings is 3. The van der Waals surface area contributed by atoms with Gasteiger partial charge in [-0.05, 0) is 48.5 Å². The number of carbonyl (C=O) groups excluding carboxylic acids is 1. The number of nitrogens with zero attached hydrogens (tertiary/aromatic N) is 2. The summed E-state index contributed by atoms with van der Waals surface area (Å²) in [5.74, 6) is 1.53. The van der Waals surface area contributed by atoms with Gasteiger partial charge >= 0.3 is 0 Å². The fourth-order valence-electron chi connectivity index (χ4n) is 2.78. The highest BCUT2D eigenvalue weighted by molar-refractivity contribution is 8.00. The van der Waals surface area contributed by atoms with Crippen LogP contribution in [0.15, 0.2) is 93.8 Å². The molecule has 0 saturated carbocycles. The van der Waals surface area contributed by atoms with Gasteiger partial charge in [-0.1, -0.05) is 53.9 Å². The maximum absolute atomic E-state index is 12.5. The predicted octanol–water partition coefficient (Wildman–Crippen LogP) is 5.36. The second-order valence-corrected chi connectivity index (χ2v) is 8.50. The highest BCUT2D eigenvalue weighted by Gasteiger charge is 2.11. The number of H-pyrrole nitrogens is 1. The molecule has 2 N–H and O–H groups in total. The molecule has 1 amide bonds. The van der Waals surface area contributed by atoms with Crippen LogP contribution >= 0.6 is 23.5 Å². The van der Waals surface area contributed by atoms with E-state index in [1.807, 2.05) is 78.9 Å². The molecule has 0 fully saturated rings. The van der Waals surface area contributed by atoms with Crippen LogP contribution in [0.3, 0.4) is 0 Å². The average molecular weight is 449 g/mol. The third-order valence-electron chi connectivity index (χ3n) is 4.29. The molecule has 0 spiro atoms. The summed E-state index contributed by atoms with van der Waals surface area (Å²) in [6.45, 7) is 0. The summed E-state index contributed by atoms with van der Waals surface area (Å²) < 4.78 is 5.17. The molecule has 0 unspecified atom stereocenters. The predicted molar refractivity (Wildman–Crippen MR) is 125 cm³/mol. The molecule has 3 aromatic carbocycles. The van der Waals surface area contributed by atoms with Crippen LogP contribution in [0.5, 0.6) is 5.75 Å². The Morgan fingerprint density at radius 2 is 1.74 bits per heavy atom. The second kappa shape index (κ2) is 10.2. The van der Waals surface area contributed by atoms with Gasteiger partial charge in [0.15, 0.2) is 5.82 Å². The number of methoxy groups -OCH3 is 1. The number of nitrogens with one attached hydrogen (secondary N) is 2. The van der Waals surface area contributed by atoms with E-state index in [1.165, 1.54) is 11.8 Å². The topological polar surface area (TPSA) is 79.9 Å². The van der Waals surface area contributed by atoms with Crippen LogP contribution in [0.1, 0.15) is 0 Å². The van der Waals surface area contributed by atoms with Crippen molar-refractivity contribution in [1.82, 2.24) is 15.2 Å². The monoisotopic (exact) mass is 448 g/mol. The van der Waals surface area contributed by atoms with E-state index in [4.69, 9.17) is 4.74 Å². The maximum atomic E-state index is 12.5. The van der Waals surface area contributed by atoms with Gasteiger partial charge in [0.1, 0.15) is 5.75 Å². The number of thioether (sulfide) groups is 1. The molecule has 31 heavy (non-hydrogen) atoms. The van der Waals surface area contributed by atoms with Crippen LogP contribution in [0.4, 0.5) is 5.69 Å². The van der Waals surface area contributed by atoms with Crippen molar-refractivity contribution in [1.29, 1.82) is 0 Å². The highest BCUT2D eigenvalue weighted by atomic mass is 32.2. The van der Waals surface area contributed by atoms with Gasteiger partial charge < -0.3 is 10.1 Å². The molecule has 8 heteroatoms. The Bertz CT molecular complexity index is 1150. The molecule has 0 aliphatic rings. The first kappa shape index (κ1) is 21.0. The number of anilines is 1. The van der Waals surface area contributed by atoms with Gasteiger partial charge in [-0.15, -0.1) is 5.10 Å². The molecule has 4 rings (SSSR count). The fraction of sp³-hybridized carbons (Fsp3) is 0.0870. The van der Waals surface area contributed by atoms with Crippen molar-refractivity contribution in [3.63, 3.8) is 0 Å². The summed E-state index contributed by atoms with van der Waals surface area (Å²) in [6.07, 6.45) is 0. The third kappa shape index (κ3) is 5.68. The smallest absolute Gasteiger partial charge is 0.234 e. The Kier molecular flexibility index (Phi) is 6.91. The number of aromatic amines is 1. The number of para-hydroxylation sites is 1. The summed E-state index contributed by atoms with van der Waals surface area (Å²) >= 11 is 2.90. The number of rotatable bonds is 8. The standard InChI is InChI=1S/C23H20N4O2S2/c1-29-17-13-11-16(12-14-17)22-25-23(27-26-22)30-15-21(28)24-19-9-5-6-10-20(19)31-18-7-3-2-4-8-18/h2-14H,15H2,1H3,(H,24,28)(H,25,26,27). The molecule has 6 nitrogen and oxygen atoms in total. The molecular formula is C23H20N4O2S2. The lowest BCUT2D eigenvalue weighted by Gasteiger charge is -2.10. The van der Waals surface area contributed by atoms with Crippen molar-refractivity contribution >= 4 is 35.1 Å². The van der Waals surface area contributed by atoms with E-state index in [0.29, 0.717) is 11.0 Å². The lowest BCUT2D eigenvalue weighted by molar-refractivity contribution is -0.113. The summed E-state index contributed by atoms with van der Waals surface area (Å²) in [4.78, 5) is 19.1. The van der Waals surface area contributed by atoms with Gasteiger partial charge in [0.25, 0.3) is 0 Å². The van der Waals surface area contributed by atoms with Gasteiger partial charge in [0.05, 0.1) is 18.6 Å². The van der Waals surface area contributed by atoms with Crippen LogP contribution in [-0.2, 0) is 4.79 Å². The lowest BCUT2D eigenvalue weighted by atomic mass is 10.2. The molecular weight excluding hydrogens is 428 g/mol. The molecule has 4 aromatic rings. The fourth-order valence-corrected chi connectivity index (χ4v) is 4.30. The van der Waals surface area contributed by atoms with Gasteiger partial charge in [0.2, 0.25) is 11.1 Å². The molecule has 0 aliphatic carbocycles. The van der Waals surface area contributed by atoms with Crippen LogP contribution in [0, 0.1) is 0 Å². The number of carbonyl (C=O) groups is 1. The van der Waals surface area contributed by atoms with E-state index in [9.17, 15) is 4.79 Å². The summed E-state index contributed by atoms with van der Waals surface area (Å²) in [5.41, 5.74) is 1.69. The second-order valence-electron chi connectivity index (χ2n) is 6.44. The van der Waals surface area contributed by atoms with Crippen molar-refractivity contribution in [3.05, 3.63) is 78.9 Å².